The Bertz CT molecular complexity index is 690. The van der Waals surface area contributed by atoms with Gasteiger partial charge in [-0.1, -0.05) is 41.9 Å². The zero-order valence-electron chi connectivity index (χ0n) is 10.8. The Morgan fingerprint density at radius 2 is 1.86 bits per heavy atom. The summed E-state index contributed by atoms with van der Waals surface area (Å²) in [6.07, 6.45) is 1.88. The van der Waals surface area contributed by atoms with Gasteiger partial charge in [-0.25, -0.2) is 4.98 Å². The first-order chi connectivity index (χ1) is 9.96. The van der Waals surface area contributed by atoms with E-state index in [0.29, 0.717) is 17.3 Å². The van der Waals surface area contributed by atoms with Gasteiger partial charge in [0.25, 0.3) is 0 Å². The van der Waals surface area contributed by atoms with Crippen molar-refractivity contribution in [2.24, 2.45) is 0 Å². The summed E-state index contributed by atoms with van der Waals surface area (Å²) in [7, 11) is 0. The number of nitrogens with zero attached hydrogens (tertiary/aromatic N) is 1. The van der Waals surface area contributed by atoms with Crippen molar-refractivity contribution in [1.29, 1.82) is 0 Å². The van der Waals surface area contributed by atoms with E-state index in [1.54, 1.807) is 12.1 Å². The quantitative estimate of drug-likeness (QED) is 0.851. The van der Waals surface area contributed by atoms with Gasteiger partial charge in [0.2, 0.25) is 5.91 Å². The summed E-state index contributed by atoms with van der Waals surface area (Å²) in [5.41, 5.74) is -0.170. The molecule has 3 rings (SSSR count). The van der Waals surface area contributed by atoms with E-state index < -0.39 is 9.75 Å². The van der Waals surface area contributed by atoms with Crippen molar-refractivity contribution < 1.29 is 4.79 Å². The van der Waals surface area contributed by atoms with Crippen LogP contribution in [0, 0.1) is 0 Å². The lowest BCUT2D eigenvalue weighted by Crippen LogP contribution is -2.32. The molecule has 108 valence electrons. The largest absolute Gasteiger partial charge is 0.310 e. The number of carbonyl (C=O) groups is 1. The van der Waals surface area contributed by atoms with Crippen LogP contribution < -0.4 is 5.32 Å². The van der Waals surface area contributed by atoms with Crippen LogP contribution in [0.3, 0.4) is 0 Å². The van der Waals surface area contributed by atoms with E-state index in [0.717, 1.165) is 5.56 Å². The minimum Gasteiger partial charge on any atom is -0.310 e. The number of aromatic nitrogens is 1. The Labute approximate surface area is 137 Å². The van der Waals surface area contributed by atoms with Gasteiger partial charge in [-0.2, -0.15) is 0 Å². The molecule has 1 amide bonds. The van der Waals surface area contributed by atoms with E-state index in [2.05, 4.69) is 10.3 Å². The molecule has 0 bridgehead atoms. The summed E-state index contributed by atoms with van der Waals surface area (Å²) in [5.74, 6) is 0.0901. The molecule has 0 saturated heterocycles. The summed E-state index contributed by atoms with van der Waals surface area (Å²) in [6.45, 7) is 0. The summed E-state index contributed by atoms with van der Waals surface area (Å²) < 4.78 is -1.11. The number of alkyl halides is 2. The minimum absolute atomic E-state index is 0.284. The highest BCUT2D eigenvalue weighted by Gasteiger charge is 2.72. The van der Waals surface area contributed by atoms with E-state index in [-0.39, 0.29) is 5.91 Å². The van der Waals surface area contributed by atoms with Crippen LogP contribution in [0.1, 0.15) is 12.0 Å². The summed E-state index contributed by atoms with van der Waals surface area (Å²) in [6, 6.07) is 12.5. The minimum atomic E-state index is -1.11. The second-order valence-electron chi connectivity index (χ2n) is 4.97. The maximum atomic E-state index is 12.7. The third-order valence-corrected chi connectivity index (χ3v) is 4.75. The third kappa shape index (κ3) is 2.50. The number of hydrogen-bond acceptors (Lipinski definition) is 2. The summed E-state index contributed by atoms with van der Waals surface area (Å²) >= 11 is 18.4. The molecular formula is C15H11Cl3N2O. The number of rotatable bonds is 3. The maximum absolute atomic E-state index is 12.7. The number of nitrogens with one attached hydrogen (secondary N) is 1. The number of benzene rings is 1. The molecule has 1 aromatic heterocycles. The highest BCUT2D eigenvalue weighted by molar-refractivity contribution is 6.54. The number of carbonyl (C=O) groups excluding carboxylic acids is 1. The molecule has 2 aromatic rings. The van der Waals surface area contributed by atoms with E-state index in [1.807, 2.05) is 30.3 Å². The van der Waals surface area contributed by atoms with Gasteiger partial charge in [-0.15, -0.1) is 23.2 Å². The van der Waals surface area contributed by atoms with Crippen LogP contribution in [0.2, 0.25) is 5.02 Å². The van der Waals surface area contributed by atoms with Crippen molar-refractivity contribution in [2.45, 2.75) is 16.2 Å². The zero-order chi connectivity index (χ0) is 15.1. The molecule has 6 heteroatoms. The smallest absolute Gasteiger partial charge is 0.239 e. The van der Waals surface area contributed by atoms with Crippen LogP contribution in [0.15, 0.2) is 48.7 Å². The Morgan fingerprint density at radius 1 is 1.19 bits per heavy atom. The van der Waals surface area contributed by atoms with Crippen LogP contribution in [0.25, 0.3) is 0 Å². The van der Waals surface area contributed by atoms with Gasteiger partial charge in [-0.3, -0.25) is 4.79 Å². The van der Waals surface area contributed by atoms with Crippen LogP contribution in [0.4, 0.5) is 5.82 Å². The highest BCUT2D eigenvalue weighted by Crippen LogP contribution is 2.65. The molecule has 1 heterocycles. The summed E-state index contributed by atoms with van der Waals surface area (Å²) in [4.78, 5) is 16.7. The summed E-state index contributed by atoms with van der Waals surface area (Å²) in [5, 5.41) is 3.23. The lowest BCUT2D eigenvalue weighted by atomic mass is 9.95. The normalized spacial score (nSPS) is 22.6. The van der Waals surface area contributed by atoms with Crippen molar-refractivity contribution in [3.05, 3.63) is 59.2 Å². The first-order valence-corrected chi connectivity index (χ1v) is 7.45. The predicted molar refractivity (Wildman–Crippen MR) is 85.1 cm³/mol. The molecule has 1 aliphatic carbocycles. The molecule has 1 aromatic carbocycles. The number of amides is 1. The molecule has 1 fully saturated rings. The van der Waals surface area contributed by atoms with E-state index in [1.165, 1.54) is 6.20 Å². The topological polar surface area (TPSA) is 42.0 Å². The van der Waals surface area contributed by atoms with Gasteiger partial charge in [0.05, 0.1) is 0 Å². The van der Waals surface area contributed by atoms with Gasteiger partial charge < -0.3 is 5.32 Å². The molecule has 0 radical (unpaired) electrons. The monoisotopic (exact) mass is 340 g/mol. The number of hydrogen-bond donors (Lipinski definition) is 1. The van der Waals surface area contributed by atoms with E-state index in [4.69, 9.17) is 34.8 Å². The average molecular weight is 342 g/mol. The van der Waals surface area contributed by atoms with Crippen molar-refractivity contribution in [3.63, 3.8) is 0 Å². The van der Waals surface area contributed by atoms with E-state index in [9.17, 15) is 4.79 Å². The van der Waals surface area contributed by atoms with Crippen molar-refractivity contribution in [1.82, 2.24) is 4.98 Å². The lowest BCUT2D eigenvalue weighted by Gasteiger charge is -2.18. The molecule has 0 spiro atoms. The Hall–Kier alpha value is -1.29. The SMILES string of the molecule is O=C(Nc1cc(Cl)ccn1)[C@]1(c2ccccc2)CC1(Cl)Cl. The second kappa shape index (κ2) is 5.16. The van der Waals surface area contributed by atoms with Crippen LogP contribution in [0.5, 0.6) is 0 Å². The Morgan fingerprint density at radius 3 is 2.43 bits per heavy atom. The third-order valence-electron chi connectivity index (χ3n) is 3.60. The molecule has 3 nitrogen and oxygen atoms in total. The van der Waals surface area contributed by atoms with Gasteiger partial charge in [0.1, 0.15) is 15.6 Å². The standard InChI is InChI=1S/C15H11Cl3N2O/c16-11-6-7-19-12(8-11)20-13(21)14(9-15(14,17)18)10-4-2-1-3-5-10/h1-8H,9H2,(H,19,20,21)/t14-/m1/s1. The van der Waals surface area contributed by atoms with Gasteiger partial charge >= 0.3 is 0 Å². The first-order valence-electron chi connectivity index (χ1n) is 6.32. The molecule has 0 aliphatic heterocycles. The molecule has 1 N–H and O–H groups in total. The Balaban J connectivity index is 1.91. The maximum Gasteiger partial charge on any atom is 0.239 e. The van der Waals surface area contributed by atoms with Crippen LogP contribution in [-0.2, 0) is 10.2 Å². The molecule has 1 aliphatic rings. The van der Waals surface area contributed by atoms with E-state index >= 15 is 0 Å². The first kappa shape index (κ1) is 14.6. The van der Waals surface area contributed by atoms with Crippen molar-refractivity contribution in [2.75, 3.05) is 5.32 Å². The predicted octanol–water partition coefficient (Wildman–Crippen LogP) is 4.19. The van der Waals surface area contributed by atoms with Gasteiger partial charge in [-0.05, 0) is 17.7 Å². The average Bonchev–Trinajstić information content (AvgIpc) is 3.04. The fourth-order valence-electron chi connectivity index (χ4n) is 2.40. The number of anilines is 1. The molecular weight excluding hydrogens is 331 g/mol. The Kier molecular flexibility index (Phi) is 3.60. The zero-order valence-corrected chi connectivity index (χ0v) is 13.1. The lowest BCUT2D eigenvalue weighted by molar-refractivity contribution is -0.118. The van der Waals surface area contributed by atoms with Crippen LogP contribution >= 0.6 is 34.8 Å². The molecule has 1 saturated carbocycles. The fraction of sp³-hybridized carbons (Fsp3) is 0.200. The molecule has 1 atom stereocenters. The second-order valence-corrected chi connectivity index (χ2v) is 6.89. The fourth-order valence-corrected chi connectivity index (χ4v) is 3.35. The highest BCUT2D eigenvalue weighted by atomic mass is 35.5. The number of halogens is 3. The van der Waals surface area contributed by atoms with Crippen molar-refractivity contribution >= 4 is 46.5 Å². The van der Waals surface area contributed by atoms with Gasteiger partial charge in [0, 0.05) is 17.6 Å². The number of pyridine rings is 1. The van der Waals surface area contributed by atoms with Crippen molar-refractivity contribution in [3.8, 4) is 0 Å². The van der Waals surface area contributed by atoms with Gasteiger partial charge in [0.15, 0.2) is 0 Å². The van der Waals surface area contributed by atoms with Crippen LogP contribution in [-0.4, -0.2) is 15.2 Å². The molecule has 21 heavy (non-hydrogen) atoms. The molecule has 0 unspecified atom stereocenters.